The Morgan fingerprint density at radius 2 is 1.89 bits per heavy atom. The van der Waals surface area contributed by atoms with Gasteiger partial charge in [0.05, 0.1) is 5.51 Å². The summed E-state index contributed by atoms with van der Waals surface area (Å²) in [4.78, 5) is 20.7. The first kappa shape index (κ1) is 25.7. The van der Waals surface area contributed by atoms with Crippen LogP contribution in [0.15, 0.2) is 11.7 Å². The minimum absolute atomic E-state index is 0.292. The lowest BCUT2D eigenvalue weighted by Crippen LogP contribution is -2.50. The molecule has 0 bridgehead atoms. The topological polar surface area (TPSA) is 42.4 Å². The van der Waals surface area contributed by atoms with E-state index in [4.69, 9.17) is 4.74 Å². The molecule has 1 aliphatic heterocycles. The van der Waals surface area contributed by atoms with Gasteiger partial charge < -0.3 is 9.64 Å². The van der Waals surface area contributed by atoms with Crippen molar-refractivity contribution >= 4 is 17.2 Å². The molecule has 8 unspecified atom stereocenters. The van der Waals surface area contributed by atoms with Crippen molar-refractivity contribution < 1.29 is 9.53 Å². The molecule has 0 N–H and O–H groups in total. The van der Waals surface area contributed by atoms with Gasteiger partial charge in [-0.1, -0.05) is 6.92 Å². The normalized spacial score (nSPS) is 40.3. The van der Waals surface area contributed by atoms with E-state index in [9.17, 15) is 4.79 Å². The average Bonchev–Trinajstić information content (AvgIpc) is 3.63. The number of amides is 1. The standard InChI is InChI=1S/C26H43NO2.C4H5NS/c1-3-29-17-18-6-8-20-19(16-18)7-9-22-21(20)12-13-26(2)23(22)10-11-24(26)25(28)27-14-4-5-15-27;1-4-2-5-3-6-4/h18-24H,3-17H2,1-2H3;2-3H,1H3. The number of hydrogen-bond donors (Lipinski definition) is 0. The molecule has 4 aliphatic carbocycles. The van der Waals surface area contributed by atoms with Gasteiger partial charge in [-0.15, -0.1) is 11.3 Å². The van der Waals surface area contributed by atoms with Crippen LogP contribution in [0.3, 0.4) is 0 Å². The molecule has 1 amide bonds. The number of thiazole rings is 1. The fraction of sp³-hybridized carbons (Fsp3) is 0.867. The van der Waals surface area contributed by atoms with Crippen LogP contribution in [-0.2, 0) is 9.53 Å². The molecular formula is C30H48N2O2S. The molecule has 5 heteroatoms. The third kappa shape index (κ3) is 5.23. The zero-order valence-electron chi connectivity index (χ0n) is 22.4. The number of ether oxygens (including phenoxy) is 1. The molecule has 196 valence electrons. The van der Waals surface area contributed by atoms with Crippen molar-refractivity contribution in [3.8, 4) is 0 Å². The summed E-state index contributed by atoms with van der Waals surface area (Å²) < 4.78 is 5.77. The Morgan fingerprint density at radius 1 is 1.09 bits per heavy atom. The molecule has 5 fully saturated rings. The Hall–Kier alpha value is -0.940. The first-order valence-corrected chi connectivity index (χ1v) is 15.6. The second-order valence-electron chi connectivity index (χ2n) is 12.6. The molecule has 1 aromatic heterocycles. The molecule has 2 heterocycles. The van der Waals surface area contributed by atoms with Crippen LogP contribution in [-0.4, -0.2) is 42.1 Å². The zero-order chi connectivity index (χ0) is 24.4. The van der Waals surface area contributed by atoms with E-state index in [0.717, 1.165) is 61.8 Å². The Morgan fingerprint density at radius 3 is 2.57 bits per heavy atom. The van der Waals surface area contributed by atoms with Gasteiger partial charge in [-0.05, 0) is 125 Å². The van der Waals surface area contributed by atoms with Crippen molar-refractivity contribution in [1.82, 2.24) is 9.88 Å². The van der Waals surface area contributed by atoms with E-state index in [1.807, 2.05) is 18.6 Å². The number of rotatable bonds is 4. The highest BCUT2D eigenvalue weighted by atomic mass is 32.1. The molecule has 5 aliphatic rings. The maximum absolute atomic E-state index is 13.3. The van der Waals surface area contributed by atoms with Gasteiger partial charge in [0.15, 0.2) is 0 Å². The third-order valence-corrected chi connectivity index (χ3v) is 11.6. The fourth-order valence-electron chi connectivity index (χ4n) is 9.23. The van der Waals surface area contributed by atoms with Crippen LogP contribution in [0.2, 0.25) is 0 Å². The van der Waals surface area contributed by atoms with Crippen molar-refractivity contribution in [2.24, 2.45) is 46.8 Å². The first-order valence-electron chi connectivity index (χ1n) is 14.7. The Bertz CT molecular complexity index is 822. The third-order valence-electron chi connectivity index (χ3n) is 10.9. The van der Waals surface area contributed by atoms with Crippen LogP contribution in [0, 0.1) is 53.8 Å². The van der Waals surface area contributed by atoms with Crippen LogP contribution >= 0.6 is 11.3 Å². The number of carbonyl (C=O) groups excluding carboxylic acids is 1. The van der Waals surface area contributed by atoms with Crippen molar-refractivity contribution in [3.63, 3.8) is 0 Å². The molecule has 35 heavy (non-hydrogen) atoms. The number of likely N-dealkylation sites (tertiary alicyclic amines) is 1. The quantitative estimate of drug-likeness (QED) is 0.448. The highest BCUT2D eigenvalue weighted by Gasteiger charge is 2.59. The lowest BCUT2D eigenvalue weighted by molar-refractivity contribution is -0.142. The number of nitrogens with zero attached hydrogens (tertiary/aromatic N) is 2. The highest BCUT2D eigenvalue weighted by Crippen LogP contribution is 2.64. The van der Waals surface area contributed by atoms with Crippen LogP contribution in [0.25, 0.3) is 0 Å². The van der Waals surface area contributed by atoms with E-state index in [2.05, 4.69) is 23.7 Å². The molecule has 0 spiro atoms. The minimum atomic E-state index is 0.292. The van der Waals surface area contributed by atoms with Gasteiger partial charge in [0.25, 0.3) is 0 Å². The molecule has 0 aromatic carbocycles. The molecule has 4 saturated carbocycles. The minimum Gasteiger partial charge on any atom is -0.381 e. The van der Waals surface area contributed by atoms with Gasteiger partial charge in [-0.3, -0.25) is 9.78 Å². The first-order chi connectivity index (χ1) is 17.0. The number of fused-ring (bicyclic) bond motifs is 5. The van der Waals surface area contributed by atoms with Crippen molar-refractivity contribution in [3.05, 3.63) is 16.6 Å². The predicted octanol–water partition coefficient (Wildman–Crippen LogP) is 6.98. The Kier molecular flexibility index (Phi) is 8.23. The summed E-state index contributed by atoms with van der Waals surface area (Å²) in [5.41, 5.74) is 2.12. The van der Waals surface area contributed by atoms with E-state index in [0.29, 0.717) is 17.2 Å². The second-order valence-corrected chi connectivity index (χ2v) is 13.7. The van der Waals surface area contributed by atoms with Gasteiger partial charge in [-0.2, -0.15) is 0 Å². The van der Waals surface area contributed by atoms with E-state index in [1.165, 1.54) is 75.5 Å². The Balaban J connectivity index is 0.000000371. The van der Waals surface area contributed by atoms with E-state index < -0.39 is 0 Å². The van der Waals surface area contributed by atoms with Crippen molar-refractivity contribution in [2.45, 2.75) is 91.4 Å². The molecular weight excluding hydrogens is 452 g/mol. The number of carbonyl (C=O) groups is 1. The summed E-state index contributed by atoms with van der Waals surface area (Å²) >= 11 is 1.67. The molecule has 6 rings (SSSR count). The maximum Gasteiger partial charge on any atom is 0.226 e. The molecule has 8 atom stereocenters. The van der Waals surface area contributed by atoms with E-state index in [1.54, 1.807) is 11.3 Å². The zero-order valence-corrected chi connectivity index (χ0v) is 23.2. The number of aromatic nitrogens is 1. The van der Waals surface area contributed by atoms with Crippen LogP contribution in [0.4, 0.5) is 0 Å². The average molecular weight is 501 g/mol. The number of hydrogen-bond acceptors (Lipinski definition) is 4. The monoisotopic (exact) mass is 500 g/mol. The predicted molar refractivity (Wildman–Crippen MR) is 143 cm³/mol. The Labute approximate surface area is 217 Å². The lowest BCUT2D eigenvalue weighted by Gasteiger charge is -2.56. The largest absolute Gasteiger partial charge is 0.381 e. The van der Waals surface area contributed by atoms with E-state index in [-0.39, 0.29) is 0 Å². The van der Waals surface area contributed by atoms with Gasteiger partial charge in [0.2, 0.25) is 5.91 Å². The summed E-state index contributed by atoms with van der Waals surface area (Å²) in [5, 5.41) is 0. The van der Waals surface area contributed by atoms with Crippen LogP contribution < -0.4 is 0 Å². The fourth-order valence-corrected chi connectivity index (χ4v) is 9.64. The number of aryl methyl sites for hydroxylation is 1. The summed E-state index contributed by atoms with van der Waals surface area (Å²) in [6, 6.07) is 0. The van der Waals surface area contributed by atoms with Gasteiger partial charge in [0, 0.05) is 43.3 Å². The van der Waals surface area contributed by atoms with Crippen molar-refractivity contribution in [1.29, 1.82) is 0 Å². The van der Waals surface area contributed by atoms with Gasteiger partial charge in [-0.25, -0.2) is 0 Å². The molecule has 1 aromatic rings. The van der Waals surface area contributed by atoms with Gasteiger partial charge in [0.1, 0.15) is 0 Å². The molecule has 1 saturated heterocycles. The van der Waals surface area contributed by atoms with E-state index >= 15 is 0 Å². The second kappa shape index (κ2) is 11.2. The molecule has 0 radical (unpaired) electrons. The smallest absolute Gasteiger partial charge is 0.226 e. The maximum atomic E-state index is 13.3. The summed E-state index contributed by atoms with van der Waals surface area (Å²) in [7, 11) is 0. The summed E-state index contributed by atoms with van der Waals surface area (Å²) in [6.07, 6.45) is 16.7. The van der Waals surface area contributed by atoms with Gasteiger partial charge >= 0.3 is 0 Å². The lowest BCUT2D eigenvalue weighted by atomic mass is 9.49. The summed E-state index contributed by atoms with van der Waals surface area (Å²) in [5.74, 6) is 6.29. The summed E-state index contributed by atoms with van der Waals surface area (Å²) in [6.45, 7) is 10.6. The van der Waals surface area contributed by atoms with Crippen LogP contribution in [0.5, 0.6) is 0 Å². The van der Waals surface area contributed by atoms with Crippen LogP contribution in [0.1, 0.15) is 89.4 Å². The highest BCUT2D eigenvalue weighted by molar-refractivity contribution is 7.09. The molecule has 4 nitrogen and oxygen atoms in total. The van der Waals surface area contributed by atoms with Crippen molar-refractivity contribution in [2.75, 3.05) is 26.3 Å². The SMILES string of the molecule is CCOCC1CCC2C(CCC3C2CCC2(C)C(C(=O)N4CCCC4)CCC32)C1.Cc1cncs1.